The molecular weight excluding hydrogens is 475 g/mol. The van der Waals surface area contributed by atoms with Crippen LogP contribution in [0.4, 0.5) is 0 Å². The van der Waals surface area contributed by atoms with Gasteiger partial charge in [-0.15, -0.1) is 0 Å². The number of para-hydroxylation sites is 2. The summed E-state index contributed by atoms with van der Waals surface area (Å²) in [6.45, 7) is 2.29. The fourth-order valence-corrected chi connectivity index (χ4v) is 5.37. The molecule has 0 bridgehead atoms. The van der Waals surface area contributed by atoms with E-state index < -0.39 is 8.60 Å². The van der Waals surface area contributed by atoms with Crippen LogP contribution >= 0.6 is 8.60 Å². The molecule has 3 aromatic rings. The highest BCUT2D eigenvalue weighted by molar-refractivity contribution is 7.43. The Morgan fingerprint density at radius 1 is 0.459 bits per heavy atom. The molecule has 3 nitrogen and oxygen atoms in total. The molecule has 0 fully saturated rings. The Balaban J connectivity index is 1.36. The van der Waals surface area contributed by atoms with Crippen LogP contribution in [0.5, 0.6) is 17.2 Å². The van der Waals surface area contributed by atoms with Gasteiger partial charge in [-0.2, -0.15) is 0 Å². The van der Waals surface area contributed by atoms with Crippen molar-refractivity contribution in [1.29, 1.82) is 0 Å². The fraction of sp³-hybridized carbons (Fsp3) is 0.455. The first-order chi connectivity index (χ1) is 18.3. The number of aryl methyl sites for hydroxylation is 1. The third-order valence-corrected chi connectivity index (χ3v) is 7.57. The molecule has 0 amide bonds. The lowest BCUT2D eigenvalue weighted by molar-refractivity contribution is 0.388. The predicted molar refractivity (Wildman–Crippen MR) is 158 cm³/mol. The second-order valence-corrected chi connectivity index (χ2v) is 10.8. The highest BCUT2D eigenvalue weighted by atomic mass is 31.2. The third-order valence-electron chi connectivity index (χ3n) is 6.49. The molecule has 0 radical (unpaired) electrons. The predicted octanol–water partition coefficient (Wildman–Crippen LogP) is 11.1. The summed E-state index contributed by atoms with van der Waals surface area (Å²) in [5.74, 6) is 2.24. The molecular formula is C33H45O3P. The van der Waals surface area contributed by atoms with Crippen LogP contribution in [-0.4, -0.2) is 0 Å². The zero-order valence-electron chi connectivity index (χ0n) is 22.7. The second-order valence-electron chi connectivity index (χ2n) is 9.76. The molecule has 0 saturated carbocycles. The highest BCUT2D eigenvalue weighted by Gasteiger charge is 2.19. The normalized spacial score (nSPS) is 11.0. The molecule has 3 aromatic carbocycles. The molecule has 0 aliphatic carbocycles. The summed E-state index contributed by atoms with van der Waals surface area (Å²) in [5, 5.41) is 0. The van der Waals surface area contributed by atoms with Crippen molar-refractivity contribution in [2.45, 2.75) is 96.8 Å². The minimum atomic E-state index is -1.63. The van der Waals surface area contributed by atoms with Crippen molar-refractivity contribution >= 4 is 8.60 Å². The molecule has 0 aliphatic heterocycles. The summed E-state index contributed by atoms with van der Waals surface area (Å²) in [5.41, 5.74) is 1.30. The molecule has 0 spiro atoms. The average Bonchev–Trinajstić information content (AvgIpc) is 2.93. The summed E-state index contributed by atoms with van der Waals surface area (Å²) in [7, 11) is -1.63. The van der Waals surface area contributed by atoms with Crippen molar-refractivity contribution in [2.24, 2.45) is 0 Å². The summed E-state index contributed by atoms with van der Waals surface area (Å²) in [4.78, 5) is 0. The third kappa shape index (κ3) is 13.0. The van der Waals surface area contributed by atoms with Crippen LogP contribution in [0.1, 0.15) is 96.0 Å². The van der Waals surface area contributed by atoms with Crippen LogP contribution in [0.3, 0.4) is 0 Å². The number of benzene rings is 3. The molecule has 3 rings (SSSR count). The minimum Gasteiger partial charge on any atom is -0.409 e. The molecule has 0 heterocycles. The van der Waals surface area contributed by atoms with Gasteiger partial charge in [0.25, 0.3) is 0 Å². The van der Waals surface area contributed by atoms with Crippen molar-refractivity contribution in [3.63, 3.8) is 0 Å². The Morgan fingerprint density at radius 3 is 1.41 bits per heavy atom. The van der Waals surface area contributed by atoms with E-state index in [0.717, 1.165) is 23.7 Å². The van der Waals surface area contributed by atoms with Gasteiger partial charge in [0, 0.05) is 0 Å². The van der Waals surface area contributed by atoms with Crippen LogP contribution in [0.25, 0.3) is 0 Å². The zero-order valence-corrected chi connectivity index (χ0v) is 23.5. The highest BCUT2D eigenvalue weighted by Crippen LogP contribution is 2.42. The summed E-state index contributed by atoms with van der Waals surface area (Å²) >= 11 is 0. The van der Waals surface area contributed by atoms with E-state index in [2.05, 4.69) is 25.1 Å². The Kier molecular flexibility index (Phi) is 14.7. The average molecular weight is 521 g/mol. The summed E-state index contributed by atoms with van der Waals surface area (Å²) in [6.07, 6.45) is 19.0. The molecule has 37 heavy (non-hydrogen) atoms. The molecule has 200 valence electrons. The smallest absolute Gasteiger partial charge is 0.409 e. The van der Waals surface area contributed by atoms with Crippen molar-refractivity contribution < 1.29 is 13.6 Å². The summed E-state index contributed by atoms with van der Waals surface area (Å²) in [6, 6.07) is 27.7. The lowest BCUT2D eigenvalue weighted by atomic mass is 10.0. The van der Waals surface area contributed by atoms with Gasteiger partial charge in [0.1, 0.15) is 17.2 Å². The molecule has 4 heteroatoms. The molecule has 0 aliphatic rings. The molecule has 0 aromatic heterocycles. The first-order valence-corrected chi connectivity index (χ1v) is 15.5. The van der Waals surface area contributed by atoms with Gasteiger partial charge in [0.15, 0.2) is 0 Å². The van der Waals surface area contributed by atoms with Crippen LogP contribution in [0.2, 0.25) is 0 Å². The lowest BCUT2D eigenvalue weighted by Gasteiger charge is -2.18. The van der Waals surface area contributed by atoms with E-state index >= 15 is 0 Å². The van der Waals surface area contributed by atoms with Gasteiger partial charge < -0.3 is 13.6 Å². The van der Waals surface area contributed by atoms with E-state index in [1.807, 2.05) is 66.7 Å². The number of hydrogen-bond donors (Lipinski definition) is 0. The quantitative estimate of drug-likeness (QED) is 0.109. The van der Waals surface area contributed by atoms with Gasteiger partial charge in [-0.1, -0.05) is 133 Å². The standard InChI is InChI=1S/C33H45O3P/c1-2-3-4-5-6-7-8-9-10-11-12-13-16-22-30-23-21-28-33(29-30)36-37(34-31-24-17-14-18-25-31)35-32-26-19-15-20-27-32/h14-15,17-21,23-29H,2-13,16,22H2,1H3. The van der Waals surface area contributed by atoms with Crippen LogP contribution < -0.4 is 13.6 Å². The van der Waals surface area contributed by atoms with Crippen molar-refractivity contribution in [2.75, 3.05) is 0 Å². The van der Waals surface area contributed by atoms with Crippen molar-refractivity contribution in [1.82, 2.24) is 0 Å². The van der Waals surface area contributed by atoms with Gasteiger partial charge in [0.2, 0.25) is 0 Å². The SMILES string of the molecule is CCCCCCCCCCCCCCCc1cccc(OP(Oc2ccccc2)Oc2ccccc2)c1. The van der Waals surface area contributed by atoms with Crippen LogP contribution in [0.15, 0.2) is 84.9 Å². The van der Waals surface area contributed by atoms with E-state index in [9.17, 15) is 0 Å². The Bertz CT molecular complexity index is 907. The number of rotatable bonds is 20. The van der Waals surface area contributed by atoms with Crippen LogP contribution in [0, 0.1) is 0 Å². The van der Waals surface area contributed by atoms with E-state index in [4.69, 9.17) is 13.6 Å². The van der Waals surface area contributed by atoms with Gasteiger partial charge in [-0.25, -0.2) is 0 Å². The maximum Gasteiger partial charge on any atom is 0.530 e. The molecule has 0 atom stereocenters. The Morgan fingerprint density at radius 2 is 0.892 bits per heavy atom. The van der Waals surface area contributed by atoms with Crippen LogP contribution in [-0.2, 0) is 6.42 Å². The molecule has 0 unspecified atom stereocenters. The Labute approximate surface area is 226 Å². The zero-order chi connectivity index (χ0) is 25.8. The summed E-state index contributed by atoms with van der Waals surface area (Å²) < 4.78 is 18.3. The van der Waals surface area contributed by atoms with Gasteiger partial charge in [-0.3, -0.25) is 0 Å². The van der Waals surface area contributed by atoms with Crippen molar-refractivity contribution in [3.8, 4) is 17.2 Å². The maximum absolute atomic E-state index is 6.20. The first-order valence-electron chi connectivity index (χ1n) is 14.4. The van der Waals surface area contributed by atoms with Gasteiger partial charge in [0.05, 0.1) is 0 Å². The largest absolute Gasteiger partial charge is 0.530 e. The monoisotopic (exact) mass is 520 g/mol. The molecule has 0 saturated heterocycles. The number of hydrogen-bond acceptors (Lipinski definition) is 3. The van der Waals surface area contributed by atoms with Gasteiger partial charge in [-0.05, 0) is 54.8 Å². The second kappa shape index (κ2) is 18.7. The van der Waals surface area contributed by atoms with Crippen molar-refractivity contribution in [3.05, 3.63) is 90.5 Å². The van der Waals surface area contributed by atoms with E-state index in [1.165, 1.54) is 89.0 Å². The maximum atomic E-state index is 6.20. The number of unbranched alkanes of at least 4 members (excludes halogenated alkanes) is 12. The minimum absolute atomic E-state index is 0.729. The first kappa shape index (κ1) is 29.1. The topological polar surface area (TPSA) is 27.7 Å². The Hall–Kier alpha value is -2.51. The van der Waals surface area contributed by atoms with E-state index in [-0.39, 0.29) is 0 Å². The lowest BCUT2D eigenvalue weighted by Crippen LogP contribution is -2.02. The van der Waals surface area contributed by atoms with E-state index in [0.29, 0.717) is 0 Å². The molecule has 0 N–H and O–H groups in total. The fourth-order valence-electron chi connectivity index (χ4n) is 4.38. The van der Waals surface area contributed by atoms with Gasteiger partial charge >= 0.3 is 8.60 Å². The van der Waals surface area contributed by atoms with E-state index in [1.54, 1.807) is 0 Å².